The molecule has 0 radical (unpaired) electrons. The lowest BCUT2D eigenvalue weighted by atomic mass is 9.85. The average molecular weight is 665 g/mol. The van der Waals surface area contributed by atoms with Crippen LogP contribution in [0.2, 0.25) is 0 Å². The molecule has 1 N–H and O–H groups in total. The van der Waals surface area contributed by atoms with Gasteiger partial charge in [-0.05, 0) is 66.3 Å². The Morgan fingerprint density at radius 3 is 2.63 bits per heavy atom. The highest BCUT2D eigenvalue weighted by Gasteiger charge is 2.46. The monoisotopic (exact) mass is 664 g/mol. The van der Waals surface area contributed by atoms with Crippen molar-refractivity contribution in [3.8, 4) is 0 Å². The van der Waals surface area contributed by atoms with Gasteiger partial charge in [-0.1, -0.05) is 18.2 Å². The molecule has 6 rings (SSSR count). The molecule has 0 bridgehead atoms. The van der Waals surface area contributed by atoms with Crippen LogP contribution in [0.15, 0.2) is 53.7 Å². The predicted molar refractivity (Wildman–Crippen MR) is 155 cm³/mol. The van der Waals surface area contributed by atoms with E-state index in [-0.39, 0.29) is 35.9 Å². The number of aryl methyl sites for hydroxylation is 2. The number of sulfonamides is 1. The quantitative estimate of drug-likeness (QED) is 0.280. The van der Waals surface area contributed by atoms with E-state index in [4.69, 9.17) is 0 Å². The molecule has 0 unspecified atom stereocenters. The third kappa shape index (κ3) is 5.68. The van der Waals surface area contributed by atoms with E-state index in [0.29, 0.717) is 27.8 Å². The average Bonchev–Trinajstić information content (AvgIpc) is 3.40. The van der Waals surface area contributed by atoms with E-state index in [9.17, 15) is 40.3 Å². The van der Waals surface area contributed by atoms with E-state index < -0.39 is 65.3 Å². The minimum absolute atomic E-state index is 0.0191. The SMILES string of the molecule is Cc1ccc([C@H](CC(=O)O)c2ccn3c(C(F)(F)F)nnc3c2C)cc1CN1C[C@@H]2CCC(F)(F)CN2c2ncccc2S1(=O)=O. The maximum atomic E-state index is 14.5. The number of carboxylic acids is 1. The highest BCUT2D eigenvalue weighted by Crippen LogP contribution is 2.40. The summed E-state index contributed by atoms with van der Waals surface area (Å²) < 4.78 is 99.3. The first-order valence-electron chi connectivity index (χ1n) is 14.4. The molecule has 0 saturated carbocycles. The van der Waals surface area contributed by atoms with Crippen LogP contribution in [-0.2, 0) is 27.5 Å². The summed E-state index contributed by atoms with van der Waals surface area (Å²) in [7, 11) is -4.19. The van der Waals surface area contributed by atoms with Gasteiger partial charge in [0.1, 0.15) is 10.7 Å². The van der Waals surface area contributed by atoms with Crippen LogP contribution in [0.25, 0.3) is 5.65 Å². The summed E-state index contributed by atoms with van der Waals surface area (Å²) >= 11 is 0. The number of nitrogens with zero attached hydrogens (tertiary/aromatic N) is 6. The summed E-state index contributed by atoms with van der Waals surface area (Å²) in [4.78, 5) is 17.4. The number of halogens is 5. The number of piperidine rings is 1. The van der Waals surface area contributed by atoms with Gasteiger partial charge in [-0.2, -0.15) is 17.5 Å². The van der Waals surface area contributed by atoms with E-state index in [1.54, 1.807) is 25.1 Å². The Morgan fingerprint density at radius 2 is 1.91 bits per heavy atom. The highest BCUT2D eigenvalue weighted by molar-refractivity contribution is 7.89. The zero-order valence-electron chi connectivity index (χ0n) is 24.7. The Balaban J connectivity index is 1.40. The van der Waals surface area contributed by atoms with Gasteiger partial charge in [0.2, 0.25) is 15.8 Å². The summed E-state index contributed by atoms with van der Waals surface area (Å²) in [6, 6.07) is 8.75. The summed E-state index contributed by atoms with van der Waals surface area (Å²) in [5.74, 6) is -6.21. The molecule has 244 valence electrons. The van der Waals surface area contributed by atoms with Gasteiger partial charge in [-0.25, -0.2) is 22.2 Å². The standard InChI is InChI=1S/C30H29F5N6O4S/c1-17-5-6-19(23(13-25(42)43)22-8-11-40-26(18(22)2)37-38-28(40)30(33,34)35)12-20(17)14-39-15-21-7-9-29(31,32)16-41(21)27-24(46(39,44)45)4-3-10-36-27/h3-6,8,10-12,21,23H,7,9,13-16H2,1-2H3,(H,42,43)/t21-,23-/m0/s1. The fourth-order valence-corrected chi connectivity index (χ4v) is 7.97. The van der Waals surface area contributed by atoms with Crippen molar-refractivity contribution >= 4 is 27.5 Å². The van der Waals surface area contributed by atoms with Gasteiger partial charge in [0.25, 0.3) is 5.92 Å². The molecule has 0 aliphatic carbocycles. The minimum Gasteiger partial charge on any atom is -0.481 e. The maximum Gasteiger partial charge on any atom is 0.452 e. The first-order chi connectivity index (χ1) is 21.6. The van der Waals surface area contributed by atoms with Crippen LogP contribution in [-0.4, -0.2) is 68.4 Å². The van der Waals surface area contributed by atoms with Gasteiger partial charge in [-0.3, -0.25) is 9.20 Å². The second kappa shape index (κ2) is 11.3. The molecule has 46 heavy (non-hydrogen) atoms. The van der Waals surface area contributed by atoms with E-state index in [1.165, 1.54) is 40.5 Å². The number of anilines is 1. The molecule has 2 atom stereocenters. The van der Waals surface area contributed by atoms with Crippen LogP contribution in [0, 0.1) is 13.8 Å². The number of carbonyl (C=O) groups is 1. The van der Waals surface area contributed by atoms with E-state index >= 15 is 0 Å². The molecule has 2 aliphatic heterocycles. The van der Waals surface area contributed by atoms with E-state index in [0.717, 1.165) is 10.6 Å². The van der Waals surface area contributed by atoms with Crippen molar-refractivity contribution < 1.29 is 40.3 Å². The molecule has 1 saturated heterocycles. The summed E-state index contributed by atoms with van der Waals surface area (Å²) in [5, 5.41) is 16.8. The number of benzene rings is 1. The second-order valence-corrected chi connectivity index (χ2v) is 13.7. The van der Waals surface area contributed by atoms with Crippen molar-refractivity contribution in [1.82, 2.24) is 23.9 Å². The number of pyridine rings is 2. The van der Waals surface area contributed by atoms with Crippen LogP contribution >= 0.6 is 0 Å². The zero-order chi connectivity index (χ0) is 33.2. The molecule has 2 aliphatic rings. The van der Waals surface area contributed by atoms with Gasteiger partial charge in [-0.15, -0.1) is 10.2 Å². The van der Waals surface area contributed by atoms with Crippen molar-refractivity contribution in [3.63, 3.8) is 0 Å². The summed E-state index contributed by atoms with van der Waals surface area (Å²) in [5.41, 5.74) is 2.42. The number of aliphatic carboxylic acids is 1. The van der Waals surface area contributed by atoms with Crippen molar-refractivity contribution in [2.24, 2.45) is 0 Å². The third-order valence-corrected chi connectivity index (χ3v) is 10.6. The number of aromatic nitrogens is 4. The molecular formula is C30H29F5N6O4S. The van der Waals surface area contributed by atoms with E-state index in [1.807, 2.05) is 0 Å². The Labute approximate surface area is 260 Å². The molecule has 5 heterocycles. The van der Waals surface area contributed by atoms with Crippen molar-refractivity contribution in [1.29, 1.82) is 0 Å². The minimum atomic E-state index is -4.75. The second-order valence-electron chi connectivity index (χ2n) is 11.7. The molecule has 16 heteroatoms. The fraction of sp³-hybridized carbons (Fsp3) is 0.400. The summed E-state index contributed by atoms with van der Waals surface area (Å²) in [6.07, 6.45) is -2.98. The van der Waals surface area contributed by atoms with Gasteiger partial charge in [0.15, 0.2) is 5.65 Å². The summed E-state index contributed by atoms with van der Waals surface area (Å²) in [6.45, 7) is 2.45. The predicted octanol–water partition coefficient (Wildman–Crippen LogP) is 5.18. The fourth-order valence-electron chi connectivity index (χ4n) is 6.37. The molecule has 1 fully saturated rings. The number of carboxylic acid groups (broad SMARTS) is 1. The molecule has 1 aromatic carbocycles. The molecule has 0 spiro atoms. The Hall–Kier alpha value is -4.18. The lowest BCUT2D eigenvalue weighted by molar-refractivity contribution is -0.145. The number of hydrogen-bond acceptors (Lipinski definition) is 7. The normalized spacial score (nSPS) is 20.2. The topological polar surface area (TPSA) is 121 Å². The third-order valence-electron chi connectivity index (χ3n) is 8.74. The number of fused-ring (bicyclic) bond motifs is 4. The van der Waals surface area contributed by atoms with Crippen molar-refractivity contribution in [2.75, 3.05) is 18.0 Å². The zero-order valence-corrected chi connectivity index (χ0v) is 25.5. The molecule has 4 aromatic rings. The smallest absolute Gasteiger partial charge is 0.452 e. The van der Waals surface area contributed by atoms with Crippen LogP contribution in [0.5, 0.6) is 0 Å². The van der Waals surface area contributed by atoms with Crippen LogP contribution in [0.4, 0.5) is 27.8 Å². The van der Waals surface area contributed by atoms with Crippen LogP contribution < -0.4 is 4.90 Å². The Morgan fingerprint density at radius 1 is 1.15 bits per heavy atom. The molecular weight excluding hydrogens is 635 g/mol. The number of hydrogen-bond donors (Lipinski definition) is 1. The van der Waals surface area contributed by atoms with Crippen molar-refractivity contribution in [3.05, 3.63) is 82.4 Å². The molecule has 3 aromatic heterocycles. The van der Waals surface area contributed by atoms with Gasteiger partial charge in [0, 0.05) is 43.9 Å². The van der Waals surface area contributed by atoms with Crippen molar-refractivity contribution in [2.45, 2.75) is 68.6 Å². The first kappa shape index (κ1) is 31.8. The lowest BCUT2D eigenvalue weighted by Crippen LogP contribution is -2.52. The Bertz CT molecular complexity index is 1950. The maximum absolute atomic E-state index is 14.5. The van der Waals surface area contributed by atoms with Crippen LogP contribution in [0.3, 0.4) is 0 Å². The number of rotatable bonds is 6. The van der Waals surface area contributed by atoms with Gasteiger partial charge < -0.3 is 10.0 Å². The van der Waals surface area contributed by atoms with E-state index in [2.05, 4.69) is 15.2 Å². The van der Waals surface area contributed by atoms with Crippen LogP contribution in [0.1, 0.15) is 58.8 Å². The first-order valence-corrected chi connectivity index (χ1v) is 15.8. The molecule has 0 amide bonds. The largest absolute Gasteiger partial charge is 0.481 e. The van der Waals surface area contributed by atoms with Gasteiger partial charge >= 0.3 is 12.1 Å². The number of alkyl halides is 5. The molecule has 10 nitrogen and oxygen atoms in total. The lowest BCUT2D eigenvalue weighted by Gasteiger charge is -2.40. The Kier molecular flexibility index (Phi) is 7.78. The van der Waals surface area contributed by atoms with Gasteiger partial charge in [0.05, 0.1) is 13.0 Å². The highest BCUT2D eigenvalue weighted by atomic mass is 32.2.